The van der Waals surface area contributed by atoms with Crippen LogP contribution in [0.15, 0.2) is 41.1 Å². The van der Waals surface area contributed by atoms with Gasteiger partial charge in [-0.1, -0.05) is 12.1 Å². The van der Waals surface area contributed by atoms with E-state index in [1.54, 1.807) is 28.5 Å². The SMILES string of the molecule is O=C(N[C@@H]1CCN(Cc2ccc(F)cc2)C1=O)c1ccsc1. The van der Waals surface area contributed by atoms with Crippen molar-refractivity contribution in [2.24, 2.45) is 0 Å². The highest BCUT2D eigenvalue weighted by atomic mass is 32.1. The molecule has 1 fully saturated rings. The molecule has 1 aromatic heterocycles. The van der Waals surface area contributed by atoms with E-state index in [0.29, 0.717) is 25.1 Å². The van der Waals surface area contributed by atoms with Crippen LogP contribution in [0.1, 0.15) is 22.3 Å². The second-order valence-corrected chi connectivity index (χ2v) is 5.99. The molecule has 2 amide bonds. The van der Waals surface area contributed by atoms with Crippen LogP contribution in [0.2, 0.25) is 0 Å². The molecule has 0 bridgehead atoms. The standard InChI is InChI=1S/C16H15FN2O2S/c17-13-3-1-11(2-4-13)9-19-7-5-14(16(19)21)18-15(20)12-6-8-22-10-12/h1-4,6,8,10,14H,5,7,9H2,(H,18,20)/t14-/m1/s1. The van der Waals surface area contributed by atoms with Crippen molar-refractivity contribution in [3.63, 3.8) is 0 Å². The average molecular weight is 318 g/mol. The third kappa shape index (κ3) is 3.17. The smallest absolute Gasteiger partial charge is 0.252 e. The summed E-state index contributed by atoms with van der Waals surface area (Å²) in [6.45, 7) is 1.02. The molecule has 6 heteroatoms. The topological polar surface area (TPSA) is 49.4 Å². The minimum atomic E-state index is -0.479. The third-order valence-electron chi connectivity index (χ3n) is 3.67. The first-order chi connectivity index (χ1) is 10.6. The summed E-state index contributed by atoms with van der Waals surface area (Å²) in [5.41, 5.74) is 1.45. The zero-order chi connectivity index (χ0) is 15.5. The summed E-state index contributed by atoms with van der Waals surface area (Å²) in [6.07, 6.45) is 0.593. The Labute approximate surface area is 131 Å². The van der Waals surface area contributed by atoms with Gasteiger partial charge in [-0.3, -0.25) is 9.59 Å². The van der Waals surface area contributed by atoms with Crippen molar-refractivity contribution >= 4 is 23.2 Å². The van der Waals surface area contributed by atoms with Crippen molar-refractivity contribution in [1.29, 1.82) is 0 Å². The number of carbonyl (C=O) groups excluding carboxylic acids is 2. The second kappa shape index (κ2) is 6.27. The number of rotatable bonds is 4. The van der Waals surface area contributed by atoms with Crippen molar-refractivity contribution in [3.8, 4) is 0 Å². The molecule has 0 radical (unpaired) electrons. The Hall–Kier alpha value is -2.21. The molecule has 4 nitrogen and oxygen atoms in total. The number of benzene rings is 1. The van der Waals surface area contributed by atoms with Crippen LogP contribution >= 0.6 is 11.3 Å². The minimum absolute atomic E-state index is 0.0899. The van der Waals surface area contributed by atoms with Gasteiger partial charge in [-0.15, -0.1) is 0 Å². The molecule has 2 heterocycles. The fraction of sp³-hybridized carbons (Fsp3) is 0.250. The van der Waals surface area contributed by atoms with Crippen LogP contribution in [0.5, 0.6) is 0 Å². The summed E-state index contributed by atoms with van der Waals surface area (Å²) in [6, 6.07) is 7.35. The van der Waals surface area contributed by atoms with Crippen LogP contribution in [-0.4, -0.2) is 29.3 Å². The van der Waals surface area contributed by atoms with Gasteiger partial charge in [-0.25, -0.2) is 4.39 Å². The number of hydrogen-bond acceptors (Lipinski definition) is 3. The summed E-state index contributed by atoms with van der Waals surface area (Å²) in [5, 5.41) is 6.35. The number of amides is 2. The van der Waals surface area contributed by atoms with Gasteiger partial charge in [-0.2, -0.15) is 11.3 Å². The highest BCUT2D eigenvalue weighted by molar-refractivity contribution is 7.08. The molecule has 1 atom stereocenters. The molecule has 2 aromatic rings. The van der Waals surface area contributed by atoms with Gasteiger partial charge >= 0.3 is 0 Å². The van der Waals surface area contributed by atoms with E-state index in [0.717, 1.165) is 5.56 Å². The van der Waals surface area contributed by atoms with Gasteiger partial charge in [-0.05, 0) is 35.6 Å². The average Bonchev–Trinajstić information content (AvgIpc) is 3.15. The monoisotopic (exact) mass is 318 g/mol. The van der Waals surface area contributed by atoms with Crippen LogP contribution < -0.4 is 5.32 Å². The number of nitrogens with zero attached hydrogens (tertiary/aromatic N) is 1. The van der Waals surface area contributed by atoms with Crippen LogP contribution in [0, 0.1) is 5.82 Å². The van der Waals surface area contributed by atoms with Crippen molar-refractivity contribution in [2.75, 3.05) is 6.54 Å². The number of likely N-dealkylation sites (tertiary alicyclic amines) is 1. The number of hydrogen-bond donors (Lipinski definition) is 1. The number of halogens is 1. The van der Waals surface area contributed by atoms with E-state index in [4.69, 9.17) is 0 Å². The lowest BCUT2D eigenvalue weighted by molar-refractivity contribution is -0.129. The Morgan fingerprint density at radius 1 is 1.32 bits per heavy atom. The molecule has 1 aromatic carbocycles. The number of thiophene rings is 1. The Kier molecular flexibility index (Phi) is 4.20. The highest BCUT2D eigenvalue weighted by Gasteiger charge is 2.32. The second-order valence-electron chi connectivity index (χ2n) is 5.21. The molecule has 1 aliphatic rings. The van der Waals surface area contributed by atoms with E-state index in [2.05, 4.69) is 5.32 Å². The third-order valence-corrected chi connectivity index (χ3v) is 4.36. The van der Waals surface area contributed by atoms with Crippen molar-refractivity contribution in [2.45, 2.75) is 19.0 Å². The fourth-order valence-corrected chi connectivity index (χ4v) is 3.11. The van der Waals surface area contributed by atoms with Gasteiger partial charge < -0.3 is 10.2 Å². The lowest BCUT2D eigenvalue weighted by atomic mass is 10.2. The molecule has 0 saturated carbocycles. The predicted octanol–water partition coefficient (Wildman–Crippen LogP) is 2.42. The van der Waals surface area contributed by atoms with E-state index in [-0.39, 0.29) is 17.6 Å². The predicted molar refractivity (Wildman–Crippen MR) is 82.0 cm³/mol. The Morgan fingerprint density at radius 2 is 2.09 bits per heavy atom. The lowest BCUT2D eigenvalue weighted by Gasteiger charge is -2.17. The molecule has 1 saturated heterocycles. The highest BCUT2D eigenvalue weighted by Crippen LogP contribution is 2.16. The van der Waals surface area contributed by atoms with Gasteiger partial charge in [0.15, 0.2) is 0 Å². The van der Waals surface area contributed by atoms with Gasteiger partial charge in [0.05, 0.1) is 5.56 Å². The molecular weight excluding hydrogens is 303 g/mol. The summed E-state index contributed by atoms with van der Waals surface area (Å²) >= 11 is 1.44. The largest absolute Gasteiger partial charge is 0.340 e. The normalized spacial score (nSPS) is 17.8. The first-order valence-corrected chi connectivity index (χ1v) is 7.94. The Balaban J connectivity index is 1.60. The quantitative estimate of drug-likeness (QED) is 0.941. The number of nitrogens with one attached hydrogen (secondary N) is 1. The Bertz CT molecular complexity index is 670. The van der Waals surface area contributed by atoms with Crippen molar-refractivity contribution in [3.05, 3.63) is 58.0 Å². The maximum atomic E-state index is 12.9. The van der Waals surface area contributed by atoms with Crippen LogP contribution in [0.25, 0.3) is 0 Å². The molecule has 22 heavy (non-hydrogen) atoms. The van der Waals surface area contributed by atoms with Gasteiger partial charge in [0.2, 0.25) is 5.91 Å². The molecule has 114 valence electrons. The van der Waals surface area contributed by atoms with Gasteiger partial charge in [0.25, 0.3) is 5.91 Å². The molecule has 3 rings (SSSR count). The zero-order valence-corrected chi connectivity index (χ0v) is 12.6. The van der Waals surface area contributed by atoms with Crippen LogP contribution in [-0.2, 0) is 11.3 Å². The van der Waals surface area contributed by atoms with Crippen molar-refractivity contribution < 1.29 is 14.0 Å². The molecule has 1 N–H and O–H groups in total. The maximum absolute atomic E-state index is 12.9. The van der Waals surface area contributed by atoms with Crippen LogP contribution in [0.4, 0.5) is 4.39 Å². The van der Waals surface area contributed by atoms with E-state index in [1.165, 1.54) is 23.5 Å². The van der Waals surface area contributed by atoms with Crippen molar-refractivity contribution in [1.82, 2.24) is 10.2 Å². The molecule has 0 aliphatic carbocycles. The maximum Gasteiger partial charge on any atom is 0.252 e. The van der Waals surface area contributed by atoms with Gasteiger partial charge in [0.1, 0.15) is 11.9 Å². The molecule has 1 aliphatic heterocycles. The van der Waals surface area contributed by atoms with Crippen LogP contribution in [0.3, 0.4) is 0 Å². The number of carbonyl (C=O) groups is 2. The van der Waals surface area contributed by atoms with E-state index >= 15 is 0 Å². The summed E-state index contributed by atoms with van der Waals surface area (Å²) in [5.74, 6) is -0.603. The molecule has 0 spiro atoms. The van der Waals surface area contributed by atoms with E-state index in [1.807, 2.05) is 5.38 Å². The lowest BCUT2D eigenvalue weighted by Crippen LogP contribution is -2.41. The summed E-state index contributed by atoms with van der Waals surface area (Å²) in [7, 11) is 0. The minimum Gasteiger partial charge on any atom is -0.340 e. The van der Waals surface area contributed by atoms with Gasteiger partial charge in [0, 0.05) is 18.5 Å². The summed E-state index contributed by atoms with van der Waals surface area (Å²) in [4.78, 5) is 26.0. The summed E-state index contributed by atoms with van der Waals surface area (Å²) < 4.78 is 12.9. The Morgan fingerprint density at radius 3 is 2.77 bits per heavy atom. The van der Waals surface area contributed by atoms with E-state index < -0.39 is 6.04 Å². The van der Waals surface area contributed by atoms with E-state index in [9.17, 15) is 14.0 Å². The zero-order valence-electron chi connectivity index (χ0n) is 11.8. The first kappa shape index (κ1) is 14.7. The molecule has 0 unspecified atom stereocenters. The fourth-order valence-electron chi connectivity index (χ4n) is 2.48. The molecular formula is C16H15FN2O2S. The first-order valence-electron chi connectivity index (χ1n) is 7.00.